The van der Waals surface area contributed by atoms with Crippen molar-refractivity contribution in [3.8, 4) is 0 Å². The average molecular weight is 296 g/mol. The van der Waals surface area contributed by atoms with E-state index in [-0.39, 0.29) is 17.9 Å². The normalized spacial score (nSPS) is 16.8. The van der Waals surface area contributed by atoms with Gasteiger partial charge in [0.05, 0.1) is 0 Å². The first-order valence-electron chi connectivity index (χ1n) is 7.25. The average Bonchev–Trinajstić information content (AvgIpc) is 2.83. The Labute approximate surface area is 129 Å². The number of carbonyl (C=O) groups excluding carboxylic acids is 1. The van der Waals surface area contributed by atoms with Gasteiger partial charge in [-0.3, -0.25) is 4.90 Å². The molecule has 0 aromatic heterocycles. The first-order chi connectivity index (χ1) is 10.6. The lowest BCUT2D eigenvalue weighted by molar-refractivity contribution is 0.248. The molecule has 2 amide bonds. The van der Waals surface area contributed by atoms with E-state index in [1.165, 1.54) is 17.7 Å². The number of hydrogen-bond acceptors (Lipinski definition) is 1. The molecule has 1 N–H and O–H groups in total. The third-order valence-electron chi connectivity index (χ3n) is 3.76. The van der Waals surface area contributed by atoms with Gasteiger partial charge in [-0.1, -0.05) is 30.3 Å². The number of hydrogen-bond donors (Lipinski definition) is 1. The zero-order valence-corrected chi connectivity index (χ0v) is 12.3. The fraction of sp³-hybridized carbons (Fsp3) is 0.167. The Balaban J connectivity index is 1.70. The van der Waals surface area contributed by atoms with Crippen LogP contribution < -0.4 is 10.2 Å². The van der Waals surface area contributed by atoms with Crippen molar-refractivity contribution in [2.75, 3.05) is 4.90 Å². The number of carbonyl (C=O) groups is 1. The standard InChI is InChI=1S/C18H17FN2O/c1-13-11-15-6-2-3-8-17(15)21(13)18(22)20-10-9-14-5-4-7-16(19)12-14/h2-10,12-13H,11H2,1H3,(H,20,22)/b10-9+. The molecule has 22 heavy (non-hydrogen) atoms. The van der Waals surface area contributed by atoms with Gasteiger partial charge in [0, 0.05) is 17.9 Å². The highest BCUT2D eigenvalue weighted by atomic mass is 19.1. The number of urea groups is 1. The molecule has 0 aliphatic carbocycles. The van der Waals surface area contributed by atoms with Crippen LogP contribution in [0.2, 0.25) is 0 Å². The van der Waals surface area contributed by atoms with Crippen LogP contribution >= 0.6 is 0 Å². The molecule has 0 radical (unpaired) electrons. The number of anilines is 1. The molecule has 1 unspecified atom stereocenters. The van der Waals surface area contributed by atoms with E-state index in [1.54, 1.807) is 29.3 Å². The molecule has 4 heteroatoms. The van der Waals surface area contributed by atoms with Crippen molar-refractivity contribution in [1.82, 2.24) is 5.32 Å². The minimum absolute atomic E-state index is 0.125. The summed E-state index contributed by atoms with van der Waals surface area (Å²) in [4.78, 5) is 14.1. The number of nitrogens with zero attached hydrogens (tertiary/aromatic N) is 1. The fourth-order valence-corrected chi connectivity index (χ4v) is 2.76. The molecule has 112 valence electrons. The second-order valence-electron chi connectivity index (χ2n) is 5.39. The molecule has 0 saturated carbocycles. The summed E-state index contributed by atoms with van der Waals surface area (Å²) in [6.45, 7) is 2.02. The van der Waals surface area contributed by atoms with Crippen LogP contribution in [-0.4, -0.2) is 12.1 Å². The summed E-state index contributed by atoms with van der Waals surface area (Å²) in [6, 6.07) is 14.1. The Bertz CT molecular complexity index is 727. The number of para-hydroxylation sites is 1. The van der Waals surface area contributed by atoms with Crippen LogP contribution in [0.5, 0.6) is 0 Å². The minimum Gasteiger partial charge on any atom is -0.314 e. The second kappa shape index (κ2) is 6.02. The highest BCUT2D eigenvalue weighted by Crippen LogP contribution is 2.31. The summed E-state index contributed by atoms with van der Waals surface area (Å²) in [5.74, 6) is -0.296. The van der Waals surface area contributed by atoms with Crippen LogP contribution in [0.15, 0.2) is 54.7 Å². The molecule has 1 aliphatic heterocycles. The van der Waals surface area contributed by atoms with E-state index in [4.69, 9.17) is 0 Å². The van der Waals surface area contributed by atoms with E-state index >= 15 is 0 Å². The molecule has 2 aromatic carbocycles. The minimum atomic E-state index is -0.296. The monoisotopic (exact) mass is 296 g/mol. The van der Waals surface area contributed by atoms with Crippen molar-refractivity contribution in [1.29, 1.82) is 0 Å². The number of amides is 2. The Kier molecular flexibility index (Phi) is 3.92. The van der Waals surface area contributed by atoms with Gasteiger partial charge in [0.2, 0.25) is 0 Å². The highest BCUT2D eigenvalue weighted by molar-refractivity contribution is 5.95. The molecular formula is C18H17FN2O. The number of fused-ring (bicyclic) bond motifs is 1. The molecular weight excluding hydrogens is 279 g/mol. The van der Waals surface area contributed by atoms with Crippen molar-refractivity contribution >= 4 is 17.8 Å². The van der Waals surface area contributed by atoms with Gasteiger partial charge in [-0.2, -0.15) is 0 Å². The molecule has 1 heterocycles. The van der Waals surface area contributed by atoms with Crippen LogP contribution in [-0.2, 0) is 6.42 Å². The van der Waals surface area contributed by atoms with Gasteiger partial charge in [0.15, 0.2) is 0 Å². The summed E-state index contributed by atoms with van der Waals surface area (Å²) in [5, 5.41) is 2.75. The van der Waals surface area contributed by atoms with Gasteiger partial charge < -0.3 is 5.32 Å². The summed E-state index contributed by atoms with van der Waals surface area (Å²) in [5.41, 5.74) is 2.83. The molecule has 0 bridgehead atoms. The summed E-state index contributed by atoms with van der Waals surface area (Å²) in [7, 11) is 0. The number of rotatable bonds is 2. The van der Waals surface area contributed by atoms with Crippen LogP contribution in [0.25, 0.3) is 6.08 Å². The maximum Gasteiger partial charge on any atom is 0.326 e. The van der Waals surface area contributed by atoms with Crippen LogP contribution in [0.3, 0.4) is 0 Å². The summed E-state index contributed by atoms with van der Waals surface area (Å²) in [6.07, 6.45) is 4.08. The lowest BCUT2D eigenvalue weighted by Crippen LogP contribution is -2.41. The van der Waals surface area contributed by atoms with E-state index in [0.29, 0.717) is 5.56 Å². The quantitative estimate of drug-likeness (QED) is 0.894. The van der Waals surface area contributed by atoms with Crippen molar-refractivity contribution in [3.05, 3.63) is 71.7 Å². The fourth-order valence-electron chi connectivity index (χ4n) is 2.76. The van der Waals surface area contributed by atoms with Crippen LogP contribution in [0, 0.1) is 5.82 Å². The van der Waals surface area contributed by atoms with Gasteiger partial charge in [-0.15, -0.1) is 0 Å². The zero-order chi connectivity index (χ0) is 15.5. The predicted molar refractivity (Wildman–Crippen MR) is 86.1 cm³/mol. The van der Waals surface area contributed by atoms with Crippen molar-refractivity contribution < 1.29 is 9.18 Å². The number of nitrogens with one attached hydrogen (secondary N) is 1. The van der Waals surface area contributed by atoms with Crippen molar-refractivity contribution in [3.63, 3.8) is 0 Å². The van der Waals surface area contributed by atoms with E-state index in [0.717, 1.165) is 12.1 Å². The highest BCUT2D eigenvalue weighted by Gasteiger charge is 2.29. The first-order valence-corrected chi connectivity index (χ1v) is 7.25. The van der Waals surface area contributed by atoms with Gasteiger partial charge in [-0.05, 0) is 48.7 Å². The topological polar surface area (TPSA) is 32.3 Å². The molecule has 1 aliphatic rings. The van der Waals surface area contributed by atoms with Gasteiger partial charge in [0.1, 0.15) is 5.82 Å². The lowest BCUT2D eigenvalue weighted by atomic mass is 10.1. The molecule has 2 aromatic rings. The number of benzene rings is 2. The maximum atomic E-state index is 13.1. The zero-order valence-electron chi connectivity index (χ0n) is 12.3. The van der Waals surface area contributed by atoms with Crippen molar-refractivity contribution in [2.45, 2.75) is 19.4 Å². The Morgan fingerprint density at radius 3 is 2.91 bits per heavy atom. The predicted octanol–water partition coefficient (Wildman–Crippen LogP) is 3.96. The third kappa shape index (κ3) is 2.86. The van der Waals surface area contributed by atoms with E-state index in [1.807, 2.05) is 31.2 Å². The molecule has 3 rings (SSSR count). The molecule has 1 atom stereocenters. The van der Waals surface area contributed by atoms with E-state index in [9.17, 15) is 9.18 Å². The number of halogens is 1. The van der Waals surface area contributed by atoms with Crippen LogP contribution in [0.4, 0.5) is 14.9 Å². The third-order valence-corrected chi connectivity index (χ3v) is 3.76. The van der Waals surface area contributed by atoms with Crippen LogP contribution in [0.1, 0.15) is 18.1 Å². The summed E-state index contributed by atoms with van der Waals surface area (Å²) < 4.78 is 13.1. The second-order valence-corrected chi connectivity index (χ2v) is 5.39. The smallest absolute Gasteiger partial charge is 0.314 e. The summed E-state index contributed by atoms with van der Waals surface area (Å²) >= 11 is 0. The van der Waals surface area contributed by atoms with Crippen molar-refractivity contribution in [2.24, 2.45) is 0 Å². The molecule has 3 nitrogen and oxygen atoms in total. The van der Waals surface area contributed by atoms with Gasteiger partial charge >= 0.3 is 6.03 Å². The van der Waals surface area contributed by atoms with E-state index in [2.05, 4.69) is 5.32 Å². The largest absolute Gasteiger partial charge is 0.326 e. The van der Waals surface area contributed by atoms with Gasteiger partial charge in [-0.25, -0.2) is 9.18 Å². The lowest BCUT2D eigenvalue weighted by Gasteiger charge is -2.22. The van der Waals surface area contributed by atoms with E-state index < -0.39 is 0 Å². The Morgan fingerprint density at radius 1 is 1.27 bits per heavy atom. The van der Waals surface area contributed by atoms with Gasteiger partial charge in [0.25, 0.3) is 0 Å². The molecule has 0 saturated heterocycles. The SMILES string of the molecule is CC1Cc2ccccc2N1C(=O)N/C=C/c1cccc(F)c1. The first kappa shape index (κ1) is 14.3. The molecule has 0 fully saturated rings. The Morgan fingerprint density at radius 2 is 2.09 bits per heavy atom. The maximum absolute atomic E-state index is 13.1. The molecule has 0 spiro atoms. The Hall–Kier alpha value is -2.62.